The lowest BCUT2D eigenvalue weighted by Gasteiger charge is -2.11. The van der Waals surface area contributed by atoms with Crippen molar-refractivity contribution >= 4 is 37.3 Å². The normalized spacial score (nSPS) is 17.4. The lowest BCUT2D eigenvalue weighted by Crippen LogP contribution is -2.20. The number of amidine groups is 1. The van der Waals surface area contributed by atoms with E-state index < -0.39 is 25.8 Å². The maximum Gasteiger partial charge on any atom is 0.283 e. The van der Waals surface area contributed by atoms with Crippen LogP contribution in [0, 0.1) is 0 Å². The molecule has 2 aromatic rings. The Hall–Kier alpha value is -2.72. The number of sulfonamides is 1. The Morgan fingerprint density at radius 1 is 0.939 bits per heavy atom. The minimum absolute atomic E-state index is 0.0347. The van der Waals surface area contributed by atoms with Gasteiger partial charge in [0.15, 0.2) is 9.84 Å². The van der Waals surface area contributed by atoms with Gasteiger partial charge in [-0.25, -0.2) is 8.42 Å². The molecule has 1 fully saturated rings. The molecule has 0 aromatic heterocycles. The van der Waals surface area contributed by atoms with Crippen LogP contribution in [0.2, 0.25) is 0 Å². The van der Waals surface area contributed by atoms with Crippen LogP contribution in [-0.4, -0.2) is 52.8 Å². The average molecular weight is 490 g/mol. The van der Waals surface area contributed by atoms with E-state index >= 15 is 0 Å². The summed E-state index contributed by atoms with van der Waals surface area (Å²) < 4.78 is 54.2. The van der Waals surface area contributed by atoms with Gasteiger partial charge >= 0.3 is 0 Å². The van der Waals surface area contributed by atoms with Gasteiger partial charge < -0.3 is 10.2 Å². The van der Waals surface area contributed by atoms with Crippen molar-refractivity contribution < 1.29 is 21.6 Å². The van der Waals surface area contributed by atoms with Crippen LogP contribution in [-0.2, 0) is 37.5 Å². The number of fused-ring (bicyclic) bond motifs is 1. The monoisotopic (exact) mass is 489 g/mol. The van der Waals surface area contributed by atoms with Gasteiger partial charge in [0.1, 0.15) is 5.84 Å². The molecule has 0 unspecified atom stereocenters. The van der Waals surface area contributed by atoms with Gasteiger partial charge in [-0.3, -0.25) is 4.79 Å². The Morgan fingerprint density at radius 2 is 1.64 bits per heavy atom. The molecule has 0 atom stereocenters. The van der Waals surface area contributed by atoms with E-state index in [9.17, 15) is 21.6 Å². The Bertz CT molecular complexity index is 1300. The second-order valence-electron chi connectivity index (χ2n) is 8.43. The van der Waals surface area contributed by atoms with Crippen LogP contribution in [0.5, 0.6) is 0 Å². The summed E-state index contributed by atoms with van der Waals surface area (Å²) >= 11 is 0. The van der Waals surface area contributed by atoms with Gasteiger partial charge in [-0.05, 0) is 73.2 Å². The van der Waals surface area contributed by atoms with Gasteiger partial charge in [-0.1, -0.05) is 6.07 Å². The first-order valence-electron chi connectivity index (χ1n) is 10.9. The summed E-state index contributed by atoms with van der Waals surface area (Å²) in [6.45, 7) is 0.779. The fourth-order valence-corrected chi connectivity index (χ4v) is 6.50. The highest BCUT2D eigenvalue weighted by Crippen LogP contribution is 2.25. The number of rotatable bonds is 7. The fourth-order valence-electron chi connectivity index (χ4n) is 4.12. The van der Waals surface area contributed by atoms with Crippen molar-refractivity contribution in [3.05, 3.63) is 53.6 Å². The first kappa shape index (κ1) is 23.4. The van der Waals surface area contributed by atoms with Gasteiger partial charge in [0.25, 0.3) is 10.0 Å². The quantitative estimate of drug-likeness (QED) is 0.640. The minimum atomic E-state index is -3.83. The van der Waals surface area contributed by atoms with Gasteiger partial charge in [0.2, 0.25) is 5.91 Å². The lowest BCUT2D eigenvalue weighted by atomic mass is 10.1. The van der Waals surface area contributed by atoms with Crippen molar-refractivity contribution in [3.8, 4) is 0 Å². The molecule has 2 aromatic carbocycles. The Kier molecular flexibility index (Phi) is 6.58. The van der Waals surface area contributed by atoms with E-state index in [1.165, 1.54) is 29.8 Å². The molecule has 1 aliphatic heterocycles. The van der Waals surface area contributed by atoms with Crippen molar-refractivity contribution in [1.82, 2.24) is 4.90 Å². The largest absolute Gasteiger partial charge is 0.362 e. The molecular formula is C23H27N3O5S2. The summed E-state index contributed by atoms with van der Waals surface area (Å²) in [7, 11) is -5.59. The maximum atomic E-state index is 12.6. The number of nitrogens with zero attached hydrogens (tertiary/aromatic N) is 2. The number of carbonyl (C=O) groups is 1. The summed E-state index contributed by atoms with van der Waals surface area (Å²) in [5.41, 5.74) is 2.65. The highest BCUT2D eigenvalue weighted by molar-refractivity contribution is 7.91. The Labute approximate surface area is 194 Å². The third kappa shape index (κ3) is 5.44. The van der Waals surface area contributed by atoms with Gasteiger partial charge in [-0.15, -0.1) is 4.40 Å². The Balaban J connectivity index is 1.36. The van der Waals surface area contributed by atoms with Crippen molar-refractivity contribution in [2.75, 3.05) is 24.7 Å². The van der Waals surface area contributed by atoms with Crippen LogP contribution >= 0.6 is 0 Å². The summed E-state index contributed by atoms with van der Waals surface area (Å²) in [6.07, 6.45) is 4.19. The van der Waals surface area contributed by atoms with Crippen LogP contribution < -0.4 is 5.32 Å². The third-order valence-electron chi connectivity index (χ3n) is 6.02. The van der Waals surface area contributed by atoms with E-state index in [4.69, 9.17) is 0 Å². The molecule has 0 spiro atoms. The van der Waals surface area contributed by atoms with Crippen molar-refractivity contribution in [2.24, 2.45) is 4.40 Å². The van der Waals surface area contributed by atoms with Crippen molar-refractivity contribution in [2.45, 2.75) is 48.3 Å². The molecule has 8 nitrogen and oxygen atoms in total. The number of hydrogen-bond acceptors (Lipinski definition) is 5. The number of sulfone groups is 1. The number of anilines is 1. The molecule has 176 valence electrons. The zero-order valence-corrected chi connectivity index (χ0v) is 20.1. The molecule has 0 radical (unpaired) electrons. The SMILES string of the molecule is CN1CCC/C1=N\S(=O)(=O)c1ccc(NC(=O)CCS(=O)(=O)c2ccc3c(c2)CCC3)cc1. The number of amides is 1. The second kappa shape index (κ2) is 9.26. The van der Waals surface area contributed by atoms with Crippen LogP contribution in [0.25, 0.3) is 0 Å². The van der Waals surface area contributed by atoms with Gasteiger partial charge in [-0.2, -0.15) is 8.42 Å². The molecule has 4 rings (SSSR count). The van der Waals surface area contributed by atoms with Crippen molar-refractivity contribution in [3.63, 3.8) is 0 Å². The molecular weight excluding hydrogens is 462 g/mol. The van der Waals surface area contributed by atoms with E-state index in [0.717, 1.165) is 37.8 Å². The second-order valence-corrected chi connectivity index (χ2v) is 12.1. The average Bonchev–Trinajstić information content (AvgIpc) is 3.41. The predicted molar refractivity (Wildman–Crippen MR) is 127 cm³/mol. The third-order valence-corrected chi connectivity index (χ3v) is 9.06. The van der Waals surface area contributed by atoms with Crippen molar-refractivity contribution in [1.29, 1.82) is 0 Å². The van der Waals surface area contributed by atoms with Gasteiger partial charge in [0, 0.05) is 32.1 Å². The molecule has 1 N–H and O–H groups in total. The number of carbonyl (C=O) groups excluding carboxylic acids is 1. The van der Waals surface area contributed by atoms with E-state index in [0.29, 0.717) is 17.9 Å². The zero-order chi connectivity index (χ0) is 23.6. The van der Waals surface area contributed by atoms with E-state index in [1.54, 1.807) is 12.1 Å². The molecule has 2 aliphatic rings. The van der Waals surface area contributed by atoms with Crippen LogP contribution in [0.15, 0.2) is 56.7 Å². The number of nitrogens with one attached hydrogen (secondary N) is 1. The molecule has 0 saturated carbocycles. The standard InChI is InChI=1S/C23H27N3O5S2/c1-26-14-3-6-22(26)25-33(30,31)20-11-8-19(9-12-20)24-23(27)13-15-32(28,29)21-10-7-17-4-2-5-18(17)16-21/h7-12,16H,2-6,13-15H2,1H3,(H,24,27)/b25-22+. The summed E-state index contributed by atoms with van der Waals surface area (Å²) in [6, 6.07) is 10.9. The first-order valence-corrected chi connectivity index (χ1v) is 14.0. The number of hydrogen-bond donors (Lipinski definition) is 1. The molecule has 1 heterocycles. The van der Waals surface area contributed by atoms with Crippen LogP contribution in [0.1, 0.15) is 36.8 Å². The highest BCUT2D eigenvalue weighted by Gasteiger charge is 2.21. The number of aryl methyl sites for hydroxylation is 2. The lowest BCUT2D eigenvalue weighted by molar-refractivity contribution is -0.115. The smallest absolute Gasteiger partial charge is 0.283 e. The molecule has 0 bridgehead atoms. The topological polar surface area (TPSA) is 113 Å². The first-order chi connectivity index (χ1) is 15.6. The van der Waals surface area contributed by atoms with Crippen LogP contribution in [0.4, 0.5) is 5.69 Å². The fraction of sp³-hybridized carbons (Fsp3) is 0.391. The summed E-state index contributed by atoms with van der Waals surface area (Å²) in [4.78, 5) is 14.4. The van der Waals surface area contributed by atoms with E-state index in [2.05, 4.69) is 9.71 Å². The number of benzene rings is 2. The minimum Gasteiger partial charge on any atom is -0.362 e. The summed E-state index contributed by atoms with van der Waals surface area (Å²) in [5, 5.41) is 2.62. The van der Waals surface area contributed by atoms with E-state index in [1.807, 2.05) is 18.0 Å². The van der Waals surface area contributed by atoms with E-state index in [-0.39, 0.29) is 22.0 Å². The maximum absolute atomic E-state index is 12.6. The molecule has 33 heavy (non-hydrogen) atoms. The van der Waals surface area contributed by atoms with Gasteiger partial charge in [0.05, 0.1) is 15.5 Å². The molecule has 10 heteroatoms. The molecule has 1 amide bonds. The zero-order valence-electron chi connectivity index (χ0n) is 18.5. The van der Waals surface area contributed by atoms with Crippen LogP contribution in [0.3, 0.4) is 0 Å². The Morgan fingerprint density at radius 3 is 2.33 bits per heavy atom. The molecule has 1 aliphatic carbocycles. The number of likely N-dealkylation sites (tertiary alicyclic amines) is 1. The summed E-state index contributed by atoms with van der Waals surface area (Å²) in [5.74, 6) is -0.213. The molecule has 1 saturated heterocycles. The highest BCUT2D eigenvalue weighted by atomic mass is 32.2. The predicted octanol–water partition coefficient (Wildman–Crippen LogP) is 2.79.